The maximum atomic E-state index is 9.15. The summed E-state index contributed by atoms with van der Waals surface area (Å²) in [6, 6.07) is 7.21. The third-order valence-electron chi connectivity index (χ3n) is 3.28. The van der Waals surface area contributed by atoms with Gasteiger partial charge in [-0.05, 0) is 23.8 Å². The quantitative estimate of drug-likeness (QED) is 0.877. The molecule has 2 N–H and O–H groups in total. The molecule has 8 heteroatoms. The van der Waals surface area contributed by atoms with Crippen LogP contribution in [0.5, 0.6) is 17.2 Å². The first-order valence-corrected chi connectivity index (χ1v) is 7.03. The van der Waals surface area contributed by atoms with E-state index >= 15 is 0 Å². The van der Waals surface area contributed by atoms with E-state index in [1.165, 1.54) is 21.3 Å². The Morgan fingerprint density at radius 3 is 2.00 bits per heavy atom. The van der Waals surface area contributed by atoms with Crippen molar-refractivity contribution in [2.45, 2.75) is 0 Å². The second-order valence-corrected chi connectivity index (χ2v) is 4.71. The van der Waals surface area contributed by atoms with Crippen molar-refractivity contribution in [2.24, 2.45) is 0 Å². The molecule has 0 saturated carbocycles. The van der Waals surface area contributed by atoms with Gasteiger partial charge in [-0.15, -0.1) is 0 Å². The Balaban J connectivity index is 2.50. The molecule has 1 aromatic carbocycles. The van der Waals surface area contributed by atoms with Crippen LogP contribution >= 0.6 is 0 Å². The normalized spacial score (nSPS) is 10.1. The number of ether oxygens (including phenoxy) is 3. The molecular formula is C17H15N5O3. The molecule has 0 spiro atoms. The Hall–Kier alpha value is -3.78. The number of nitrogen functional groups attached to an aromatic ring is 1. The van der Waals surface area contributed by atoms with Crippen molar-refractivity contribution >= 4 is 18.0 Å². The fraction of sp³-hybridized carbons (Fsp3) is 0.176. The number of nitrogens with zero attached hydrogens (tertiary/aromatic N) is 4. The highest BCUT2D eigenvalue weighted by atomic mass is 16.5. The molecule has 1 aromatic heterocycles. The van der Waals surface area contributed by atoms with E-state index in [4.69, 9.17) is 30.5 Å². The molecule has 2 rings (SSSR count). The predicted molar refractivity (Wildman–Crippen MR) is 90.9 cm³/mol. The summed E-state index contributed by atoms with van der Waals surface area (Å²) in [6.07, 6.45) is 3.25. The van der Waals surface area contributed by atoms with Gasteiger partial charge in [-0.3, -0.25) is 0 Å². The lowest BCUT2D eigenvalue weighted by Crippen LogP contribution is -2.03. The van der Waals surface area contributed by atoms with E-state index in [-0.39, 0.29) is 22.9 Å². The van der Waals surface area contributed by atoms with Crippen LogP contribution in [0.4, 0.5) is 5.82 Å². The van der Waals surface area contributed by atoms with Gasteiger partial charge in [0.05, 0.1) is 21.3 Å². The van der Waals surface area contributed by atoms with Gasteiger partial charge in [-0.1, -0.05) is 6.08 Å². The molecule has 0 aliphatic heterocycles. The zero-order valence-electron chi connectivity index (χ0n) is 13.9. The van der Waals surface area contributed by atoms with Crippen LogP contribution in [0.3, 0.4) is 0 Å². The summed E-state index contributed by atoms with van der Waals surface area (Å²) < 4.78 is 15.8. The Bertz CT molecular complexity index is 885. The topological polar surface area (TPSA) is 127 Å². The molecule has 25 heavy (non-hydrogen) atoms. The molecule has 0 fully saturated rings. The smallest absolute Gasteiger partial charge is 0.203 e. The first-order valence-electron chi connectivity index (χ1n) is 7.03. The van der Waals surface area contributed by atoms with Crippen molar-refractivity contribution in [3.05, 3.63) is 34.8 Å². The lowest BCUT2D eigenvalue weighted by Gasteiger charge is -2.12. The number of aromatic nitrogens is 2. The van der Waals surface area contributed by atoms with Crippen LogP contribution in [0.2, 0.25) is 0 Å². The van der Waals surface area contributed by atoms with Gasteiger partial charge in [-0.2, -0.15) is 10.5 Å². The summed E-state index contributed by atoms with van der Waals surface area (Å²) >= 11 is 0. The predicted octanol–water partition coefficient (Wildman–Crippen LogP) is 2.00. The number of hydrogen-bond acceptors (Lipinski definition) is 8. The highest BCUT2D eigenvalue weighted by Gasteiger charge is 2.13. The van der Waals surface area contributed by atoms with E-state index in [1.54, 1.807) is 24.3 Å². The van der Waals surface area contributed by atoms with Crippen molar-refractivity contribution in [3.63, 3.8) is 0 Å². The first-order chi connectivity index (χ1) is 12.1. The number of methoxy groups -OCH3 is 3. The summed E-state index contributed by atoms with van der Waals surface area (Å²) in [5, 5.41) is 18.2. The first kappa shape index (κ1) is 17.6. The van der Waals surface area contributed by atoms with E-state index in [2.05, 4.69) is 9.97 Å². The second-order valence-electron chi connectivity index (χ2n) is 4.71. The minimum absolute atomic E-state index is 0.0280. The number of rotatable bonds is 5. The van der Waals surface area contributed by atoms with Crippen LogP contribution in [0.25, 0.3) is 12.2 Å². The summed E-state index contributed by atoms with van der Waals surface area (Å²) in [4.78, 5) is 7.93. The number of nitrogens with two attached hydrogens (primary N) is 1. The van der Waals surface area contributed by atoms with Gasteiger partial charge in [0.15, 0.2) is 28.7 Å². The molecule has 0 bridgehead atoms. The van der Waals surface area contributed by atoms with E-state index in [9.17, 15) is 0 Å². The summed E-state index contributed by atoms with van der Waals surface area (Å²) in [5.41, 5.74) is 6.52. The molecule has 0 saturated heterocycles. The van der Waals surface area contributed by atoms with E-state index in [1.807, 2.05) is 12.1 Å². The second kappa shape index (κ2) is 7.66. The van der Waals surface area contributed by atoms with Crippen LogP contribution < -0.4 is 19.9 Å². The maximum Gasteiger partial charge on any atom is 0.203 e. The maximum absolute atomic E-state index is 9.15. The zero-order chi connectivity index (χ0) is 18.4. The molecule has 0 atom stereocenters. The van der Waals surface area contributed by atoms with Crippen LogP contribution in [0, 0.1) is 22.7 Å². The van der Waals surface area contributed by atoms with Crippen molar-refractivity contribution in [1.82, 2.24) is 9.97 Å². The van der Waals surface area contributed by atoms with Gasteiger partial charge in [0.25, 0.3) is 0 Å². The van der Waals surface area contributed by atoms with Crippen LogP contribution in [-0.2, 0) is 0 Å². The molecule has 2 aromatic rings. The SMILES string of the molecule is COc1cc(/C=C\c2nc(C#N)c(N)nc2C#N)cc(OC)c1OC. The average Bonchev–Trinajstić information content (AvgIpc) is 2.65. The van der Waals surface area contributed by atoms with E-state index < -0.39 is 0 Å². The number of anilines is 1. The molecule has 126 valence electrons. The standard InChI is InChI=1S/C17H15N5O3/c1-23-14-6-10(7-15(24-2)16(14)25-3)4-5-11-12(8-18)22-17(20)13(9-19)21-11/h4-7H,1-3H3,(H2,20,22)/b5-4-. The Morgan fingerprint density at radius 2 is 1.52 bits per heavy atom. The van der Waals surface area contributed by atoms with Crippen molar-refractivity contribution in [3.8, 4) is 29.4 Å². The minimum Gasteiger partial charge on any atom is -0.493 e. The fourth-order valence-electron chi connectivity index (χ4n) is 2.11. The largest absolute Gasteiger partial charge is 0.493 e. The summed E-state index contributed by atoms with van der Waals surface area (Å²) in [5.74, 6) is 1.37. The number of benzene rings is 1. The lowest BCUT2D eigenvalue weighted by molar-refractivity contribution is 0.324. The van der Waals surface area contributed by atoms with E-state index in [0.717, 1.165) is 5.56 Å². The van der Waals surface area contributed by atoms with Crippen LogP contribution in [-0.4, -0.2) is 31.3 Å². The highest BCUT2D eigenvalue weighted by molar-refractivity contribution is 5.73. The number of hydrogen-bond donors (Lipinski definition) is 1. The summed E-state index contributed by atoms with van der Waals surface area (Å²) in [6.45, 7) is 0. The molecule has 8 nitrogen and oxygen atoms in total. The van der Waals surface area contributed by atoms with Gasteiger partial charge < -0.3 is 19.9 Å². The van der Waals surface area contributed by atoms with Gasteiger partial charge in [0.1, 0.15) is 17.8 Å². The molecule has 0 amide bonds. The molecule has 0 unspecified atom stereocenters. The van der Waals surface area contributed by atoms with Crippen LogP contribution in [0.1, 0.15) is 22.6 Å². The molecule has 0 aliphatic carbocycles. The lowest BCUT2D eigenvalue weighted by atomic mass is 10.1. The van der Waals surface area contributed by atoms with Gasteiger partial charge in [0, 0.05) is 0 Å². The van der Waals surface area contributed by atoms with Crippen molar-refractivity contribution in [1.29, 1.82) is 10.5 Å². The van der Waals surface area contributed by atoms with Gasteiger partial charge in [-0.25, -0.2) is 9.97 Å². The Kier molecular flexibility index (Phi) is 5.39. The number of nitriles is 2. The zero-order valence-corrected chi connectivity index (χ0v) is 13.9. The van der Waals surface area contributed by atoms with Gasteiger partial charge >= 0.3 is 0 Å². The molecule has 0 radical (unpaired) electrons. The Morgan fingerprint density at radius 1 is 0.920 bits per heavy atom. The Labute approximate surface area is 144 Å². The van der Waals surface area contributed by atoms with Gasteiger partial charge in [0.2, 0.25) is 5.75 Å². The highest BCUT2D eigenvalue weighted by Crippen LogP contribution is 2.38. The molecule has 1 heterocycles. The molecular weight excluding hydrogens is 322 g/mol. The third kappa shape index (κ3) is 3.59. The average molecular weight is 337 g/mol. The fourth-order valence-corrected chi connectivity index (χ4v) is 2.11. The summed E-state index contributed by atoms with van der Waals surface area (Å²) in [7, 11) is 4.55. The van der Waals surface area contributed by atoms with E-state index in [0.29, 0.717) is 17.2 Å². The van der Waals surface area contributed by atoms with Crippen molar-refractivity contribution < 1.29 is 14.2 Å². The third-order valence-corrected chi connectivity index (χ3v) is 3.28. The monoisotopic (exact) mass is 337 g/mol. The molecule has 0 aliphatic rings. The van der Waals surface area contributed by atoms with Crippen molar-refractivity contribution in [2.75, 3.05) is 27.1 Å². The van der Waals surface area contributed by atoms with Crippen LogP contribution in [0.15, 0.2) is 12.1 Å². The minimum atomic E-state index is -0.0796.